The zero-order valence-corrected chi connectivity index (χ0v) is 16.1. The van der Waals surface area contributed by atoms with Crippen molar-refractivity contribution in [2.75, 3.05) is 6.61 Å². The van der Waals surface area contributed by atoms with Crippen LogP contribution in [0.1, 0.15) is 32.6 Å². The average molecular weight is 381 g/mol. The van der Waals surface area contributed by atoms with Gasteiger partial charge in [-0.25, -0.2) is 9.78 Å². The molecular weight excluding hydrogens is 358 g/mol. The fourth-order valence-electron chi connectivity index (χ4n) is 2.90. The van der Waals surface area contributed by atoms with Crippen LogP contribution < -0.4 is 16.0 Å². The monoisotopic (exact) mass is 381 g/mol. The van der Waals surface area contributed by atoms with E-state index in [0.717, 1.165) is 0 Å². The molecule has 2 N–H and O–H groups in total. The lowest BCUT2D eigenvalue weighted by Gasteiger charge is -2.17. The summed E-state index contributed by atoms with van der Waals surface area (Å²) in [5.74, 6) is 0.215. The Balaban J connectivity index is 2.13. The second-order valence-corrected chi connectivity index (χ2v) is 6.71. The lowest BCUT2D eigenvalue weighted by molar-refractivity contribution is -0.149. The summed E-state index contributed by atoms with van der Waals surface area (Å²) in [6.45, 7) is 4.99. The molecule has 1 atom stereocenters. The third-order valence-electron chi connectivity index (χ3n) is 4.02. The molecule has 1 aromatic heterocycles. The fourth-order valence-corrected chi connectivity index (χ4v) is 2.90. The summed E-state index contributed by atoms with van der Waals surface area (Å²) in [4.78, 5) is 29.8. The first-order valence-corrected chi connectivity index (χ1v) is 9.07. The second-order valence-electron chi connectivity index (χ2n) is 6.71. The number of rotatable bonds is 6. The molecule has 0 saturated heterocycles. The zero-order valence-electron chi connectivity index (χ0n) is 16.1. The molecule has 0 aliphatic heterocycles. The van der Waals surface area contributed by atoms with Gasteiger partial charge in [0.15, 0.2) is 6.61 Å². The van der Waals surface area contributed by atoms with E-state index in [-0.39, 0.29) is 29.4 Å². The highest BCUT2D eigenvalue weighted by Crippen LogP contribution is 2.24. The SMILES string of the molecule is CC(C)OC(=O)COc1cccc2nc([C@H](C)N)n(-c3ccccc3)c(=O)c12. The largest absolute Gasteiger partial charge is 0.481 e. The maximum absolute atomic E-state index is 13.4. The molecule has 0 amide bonds. The van der Waals surface area contributed by atoms with Crippen LogP contribution in [0.5, 0.6) is 5.75 Å². The molecule has 0 bridgehead atoms. The lowest BCUT2D eigenvalue weighted by Crippen LogP contribution is -2.28. The number of fused-ring (bicyclic) bond motifs is 1. The third-order valence-corrected chi connectivity index (χ3v) is 4.02. The van der Waals surface area contributed by atoms with E-state index in [1.54, 1.807) is 39.0 Å². The maximum atomic E-state index is 13.4. The summed E-state index contributed by atoms with van der Waals surface area (Å²) in [6.07, 6.45) is -0.241. The van der Waals surface area contributed by atoms with Gasteiger partial charge in [-0.1, -0.05) is 24.3 Å². The Morgan fingerprint density at radius 2 is 1.82 bits per heavy atom. The van der Waals surface area contributed by atoms with Gasteiger partial charge in [-0.2, -0.15) is 0 Å². The normalized spacial score (nSPS) is 12.2. The molecule has 2 aromatic carbocycles. The van der Waals surface area contributed by atoms with Gasteiger partial charge in [-0.05, 0) is 45.0 Å². The number of nitrogens with two attached hydrogens (primary N) is 1. The van der Waals surface area contributed by atoms with Crippen LogP contribution in [0.3, 0.4) is 0 Å². The quantitative estimate of drug-likeness (QED) is 0.660. The standard InChI is InChI=1S/C21H23N3O4/c1-13(2)28-18(25)12-27-17-11-7-10-16-19(17)21(26)24(20(23-16)14(3)22)15-8-5-4-6-9-15/h4-11,13-14H,12,22H2,1-3H3/t14-/m0/s1. The van der Waals surface area contributed by atoms with Gasteiger partial charge in [0, 0.05) is 0 Å². The van der Waals surface area contributed by atoms with Crippen LogP contribution in [0.2, 0.25) is 0 Å². The van der Waals surface area contributed by atoms with Crippen molar-refractivity contribution in [3.05, 3.63) is 64.7 Å². The van der Waals surface area contributed by atoms with E-state index in [9.17, 15) is 9.59 Å². The molecule has 7 nitrogen and oxygen atoms in total. The predicted octanol–water partition coefficient (Wildman–Crippen LogP) is 2.74. The van der Waals surface area contributed by atoms with Gasteiger partial charge >= 0.3 is 5.97 Å². The summed E-state index contributed by atoms with van der Waals surface area (Å²) in [7, 11) is 0. The predicted molar refractivity (Wildman–Crippen MR) is 107 cm³/mol. The van der Waals surface area contributed by atoms with Gasteiger partial charge in [0.05, 0.1) is 23.3 Å². The van der Waals surface area contributed by atoms with E-state index in [1.165, 1.54) is 4.57 Å². The van der Waals surface area contributed by atoms with Gasteiger partial charge in [0.2, 0.25) is 0 Å². The Morgan fingerprint density at radius 1 is 1.11 bits per heavy atom. The summed E-state index contributed by atoms with van der Waals surface area (Å²) in [6, 6.07) is 13.8. The molecular formula is C21H23N3O4. The van der Waals surface area contributed by atoms with Crippen LogP contribution in [0, 0.1) is 0 Å². The van der Waals surface area contributed by atoms with Crippen LogP contribution in [-0.4, -0.2) is 28.2 Å². The number of esters is 1. The van der Waals surface area contributed by atoms with Crippen LogP contribution in [0.15, 0.2) is 53.3 Å². The van der Waals surface area contributed by atoms with Crippen molar-refractivity contribution in [2.45, 2.75) is 32.9 Å². The second kappa shape index (κ2) is 8.22. The van der Waals surface area contributed by atoms with Gasteiger partial charge in [0.25, 0.3) is 5.56 Å². The van der Waals surface area contributed by atoms with E-state index in [2.05, 4.69) is 4.98 Å². The Kier molecular flexibility index (Phi) is 5.75. The van der Waals surface area contributed by atoms with Gasteiger partial charge in [-0.3, -0.25) is 9.36 Å². The van der Waals surface area contributed by atoms with Crippen molar-refractivity contribution in [1.29, 1.82) is 0 Å². The first kappa shape index (κ1) is 19.6. The van der Waals surface area contributed by atoms with Crippen LogP contribution >= 0.6 is 0 Å². The summed E-state index contributed by atoms with van der Waals surface area (Å²) >= 11 is 0. The van der Waals surface area contributed by atoms with E-state index in [1.807, 2.05) is 30.3 Å². The van der Waals surface area contributed by atoms with E-state index in [4.69, 9.17) is 15.2 Å². The maximum Gasteiger partial charge on any atom is 0.344 e. The number of aromatic nitrogens is 2. The van der Waals surface area contributed by atoms with Gasteiger partial charge in [-0.15, -0.1) is 0 Å². The highest BCUT2D eigenvalue weighted by Gasteiger charge is 2.19. The number of carbonyl (C=O) groups is 1. The number of hydrogen-bond donors (Lipinski definition) is 1. The first-order chi connectivity index (χ1) is 13.4. The Hall–Kier alpha value is -3.19. The molecule has 3 aromatic rings. The molecule has 0 fully saturated rings. The molecule has 0 saturated carbocycles. The topological polar surface area (TPSA) is 96.4 Å². The third kappa shape index (κ3) is 4.04. The molecule has 1 heterocycles. The molecule has 28 heavy (non-hydrogen) atoms. The van der Waals surface area contributed by atoms with E-state index < -0.39 is 12.0 Å². The van der Waals surface area contributed by atoms with Crippen LogP contribution in [0.25, 0.3) is 16.6 Å². The van der Waals surface area contributed by atoms with E-state index >= 15 is 0 Å². The minimum atomic E-state index is -0.504. The van der Waals surface area contributed by atoms with Gasteiger partial charge in [0.1, 0.15) is 17.0 Å². The van der Waals surface area contributed by atoms with Gasteiger partial charge < -0.3 is 15.2 Å². The van der Waals surface area contributed by atoms with Crippen molar-refractivity contribution >= 4 is 16.9 Å². The molecule has 0 spiro atoms. The Morgan fingerprint density at radius 3 is 2.46 bits per heavy atom. The Labute approximate surface area is 162 Å². The summed E-state index contributed by atoms with van der Waals surface area (Å²) in [5, 5.41) is 0.285. The molecule has 0 unspecified atom stereocenters. The minimum Gasteiger partial charge on any atom is -0.481 e. The lowest BCUT2D eigenvalue weighted by atomic mass is 10.2. The molecule has 3 rings (SSSR count). The zero-order chi connectivity index (χ0) is 20.3. The van der Waals surface area contributed by atoms with Crippen molar-refractivity contribution in [3.8, 4) is 11.4 Å². The minimum absolute atomic E-state index is 0.241. The van der Waals surface area contributed by atoms with Crippen molar-refractivity contribution < 1.29 is 14.3 Å². The molecule has 146 valence electrons. The fraction of sp³-hybridized carbons (Fsp3) is 0.286. The number of para-hydroxylation sites is 1. The molecule has 0 aliphatic carbocycles. The number of ether oxygens (including phenoxy) is 2. The molecule has 0 radical (unpaired) electrons. The van der Waals surface area contributed by atoms with Crippen molar-refractivity contribution in [1.82, 2.24) is 9.55 Å². The highest BCUT2D eigenvalue weighted by molar-refractivity contribution is 5.85. The number of carbonyl (C=O) groups excluding carboxylic acids is 1. The summed E-state index contributed by atoms with van der Waals surface area (Å²) in [5.41, 5.74) is 6.88. The smallest absolute Gasteiger partial charge is 0.344 e. The highest BCUT2D eigenvalue weighted by atomic mass is 16.6. The number of benzene rings is 2. The Bertz CT molecular complexity index is 1040. The van der Waals surface area contributed by atoms with Crippen LogP contribution in [0.4, 0.5) is 0 Å². The number of nitrogens with zero attached hydrogens (tertiary/aromatic N) is 2. The first-order valence-electron chi connectivity index (χ1n) is 9.07. The summed E-state index contributed by atoms with van der Waals surface area (Å²) < 4.78 is 12.2. The average Bonchev–Trinajstić information content (AvgIpc) is 2.66. The van der Waals surface area contributed by atoms with Crippen molar-refractivity contribution in [3.63, 3.8) is 0 Å². The van der Waals surface area contributed by atoms with E-state index in [0.29, 0.717) is 17.0 Å². The molecule has 0 aliphatic rings. The number of hydrogen-bond acceptors (Lipinski definition) is 6. The van der Waals surface area contributed by atoms with Crippen LogP contribution in [-0.2, 0) is 9.53 Å². The van der Waals surface area contributed by atoms with Crippen molar-refractivity contribution in [2.24, 2.45) is 5.73 Å². The molecule has 7 heteroatoms.